The van der Waals surface area contributed by atoms with Crippen molar-refractivity contribution in [2.75, 3.05) is 26.7 Å². The van der Waals surface area contributed by atoms with E-state index in [4.69, 9.17) is 4.74 Å². The van der Waals surface area contributed by atoms with Gasteiger partial charge in [-0.1, -0.05) is 18.2 Å². The molecule has 0 aromatic heterocycles. The van der Waals surface area contributed by atoms with Gasteiger partial charge in [0.25, 0.3) is 0 Å². The molecular formula is C17H28N4O2. The van der Waals surface area contributed by atoms with Gasteiger partial charge in [0.05, 0.1) is 13.1 Å². The van der Waals surface area contributed by atoms with Crippen molar-refractivity contribution in [1.29, 1.82) is 0 Å². The SMILES string of the molecule is CN=C(NCCOc1ccccc1C)NCC(=O)NC(C)(C)C. The number of hydrogen-bond acceptors (Lipinski definition) is 3. The number of para-hydroxylation sites is 1. The van der Waals surface area contributed by atoms with Gasteiger partial charge in [0, 0.05) is 12.6 Å². The van der Waals surface area contributed by atoms with Gasteiger partial charge in [-0.15, -0.1) is 0 Å². The van der Waals surface area contributed by atoms with E-state index in [9.17, 15) is 4.79 Å². The average molecular weight is 320 g/mol. The summed E-state index contributed by atoms with van der Waals surface area (Å²) in [5, 5.41) is 8.97. The van der Waals surface area contributed by atoms with Gasteiger partial charge in [0.2, 0.25) is 5.91 Å². The van der Waals surface area contributed by atoms with Crippen LogP contribution in [0.2, 0.25) is 0 Å². The maximum Gasteiger partial charge on any atom is 0.239 e. The highest BCUT2D eigenvalue weighted by atomic mass is 16.5. The molecular weight excluding hydrogens is 292 g/mol. The van der Waals surface area contributed by atoms with Gasteiger partial charge in [-0.05, 0) is 39.3 Å². The molecule has 3 N–H and O–H groups in total. The molecule has 0 radical (unpaired) electrons. The van der Waals surface area contributed by atoms with E-state index in [-0.39, 0.29) is 18.0 Å². The normalized spacial score (nSPS) is 11.8. The van der Waals surface area contributed by atoms with Crippen LogP contribution in [0.4, 0.5) is 0 Å². The third-order valence-corrected chi connectivity index (χ3v) is 2.90. The Bertz CT molecular complexity index is 536. The number of hydrogen-bond donors (Lipinski definition) is 3. The van der Waals surface area contributed by atoms with E-state index in [1.165, 1.54) is 0 Å². The lowest BCUT2D eigenvalue weighted by Crippen LogP contribution is -2.48. The number of nitrogens with zero attached hydrogens (tertiary/aromatic N) is 1. The fourth-order valence-electron chi connectivity index (χ4n) is 1.90. The van der Waals surface area contributed by atoms with Crippen LogP contribution in [0.25, 0.3) is 0 Å². The Hall–Kier alpha value is -2.24. The summed E-state index contributed by atoms with van der Waals surface area (Å²) in [7, 11) is 1.67. The molecule has 1 rings (SSSR count). The van der Waals surface area contributed by atoms with E-state index in [0.29, 0.717) is 19.1 Å². The molecule has 1 aromatic rings. The highest BCUT2D eigenvalue weighted by Gasteiger charge is 2.13. The Labute approximate surface area is 138 Å². The van der Waals surface area contributed by atoms with E-state index < -0.39 is 0 Å². The molecule has 0 aliphatic heterocycles. The number of nitrogens with one attached hydrogen (secondary N) is 3. The Kier molecular flexibility index (Phi) is 7.38. The van der Waals surface area contributed by atoms with E-state index in [2.05, 4.69) is 20.9 Å². The fourth-order valence-corrected chi connectivity index (χ4v) is 1.90. The number of ether oxygens (including phenoxy) is 1. The molecule has 0 bridgehead atoms. The van der Waals surface area contributed by atoms with E-state index >= 15 is 0 Å². The minimum atomic E-state index is -0.239. The Morgan fingerprint density at radius 1 is 1.22 bits per heavy atom. The second kappa shape index (κ2) is 9.02. The first-order valence-electron chi connectivity index (χ1n) is 7.76. The molecule has 0 saturated heterocycles. The first-order chi connectivity index (χ1) is 10.8. The minimum Gasteiger partial charge on any atom is -0.491 e. The Balaban J connectivity index is 2.27. The third-order valence-electron chi connectivity index (χ3n) is 2.90. The molecule has 0 unspecified atom stereocenters. The molecule has 6 nitrogen and oxygen atoms in total. The smallest absolute Gasteiger partial charge is 0.239 e. The van der Waals surface area contributed by atoms with Crippen LogP contribution in [0.3, 0.4) is 0 Å². The van der Waals surface area contributed by atoms with Crippen LogP contribution in [-0.4, -0.2) is 44.1 Å². The van der Waals surface area contributed by atoms with Crippen LogP contribution in [-0.2, 0) is 4.79 Å². The quantitative estimate of drug-likeness (QED) is 0.421. The number of amides is 1. The van der Waals surface area contributed by atoms with Crippen molar-refractivity contribution in [3.8, 4) is 5.75 Å². The summed E-state index contributed by atoms with van der Waals surface area (Å²) in [6.45, 7) is 9.13. The highest BCUT2D eigenvalue weighted by molar-refractivity contribution is 5.86. The lowest BCUT2D eigenvalue weighted by Gasteiger charge is -2.21. The van der Waals surface area contributed by atoms with Crippen LogP contribution in [0.15, 0.2) is 29.3 Å². The second-order valence-electron chi connectivity index (χ2n) is 6.26. The fraction of sp³-hybridized carbons (Fsp3) is 0.529. The van der Waals surface area contributed by atoms with Crippen molar-refractivity contribution in [1.82, 2.24) is 16.0 Å². The van der Waals surface area contributed by atoms with E-state index in [0.717, 1.165) is 11.3 Å². The molecule has 1 aromatic carbocycles. The number of aryl methyl sites for hydroxylation is 1. The van der Waals surface area contributed by atoms with E-state index in [1.807, 2.05) is 52.0 Å². The van der Waals surface area contributed by atoms with Crippen LogP contribution < -0.4 is 20.7 Å². The average Bonchev–Trinajstić information content (AvgIpc) is 2.46. The van der Waals surface area contributed by atoms with Gasteiger partial charge < -0.3 is 20.7 Å². The molecule has 0 aliphatic carbocycles. The molecule has 128 valence electrons. The van der Waals surface area contributed by atoms with Crippen LogP contribution >= 0.6 is 0 Å². The zero-order chi connectivity index (χ0) is 17.3. The number of rotatable bonds is 6. The van der Waals surface area contributed by atoms with Gasteiger partial charge in [0.1, 0.15) is 12.4 Å². The first-order valence-corrected chi connectivity index (χ1v) is 7.76. The van der Waals surface area contributed by atoms with Crippen molar-refractivity contribution in [3.05, 3.63) is 29.8 Å². The topological polar surface area (TPSA) is 74.8 Å². The Morgan fingerprint density at radius 3 is 2.52 bits per heavy atom. The summed E-state index contributed by atoms with van der Waals surface area (Å²) in [5.41, 5.74) is 0.866. The number of guanidine groups is 1. The maximum absolute atomic E-state index is 11.8. The van der Waals surface area contributed by atoms with Crippen molar-refractivity contribution in [2.45, 2.75) is 33.2 Å². The van der Waals surface area contributed by atoms with Crippen LogP contribution in [0.5, 0.6) is 5.75 Å². The summed E-state index contributed by atoms with van der Waals surface area (Å²) < 4.78 is 5.70. The standard InChI is InChI=1S/C17H28N4O2/c1-13-8-6-7-9-14(13)23-11-10-19-16(18-5)20-12-15(22)21-17(2,3)4/h6-9H,10-12H2,1-5H3,(H,21,22)(H2,18,19,20). The second-order valence-corrected chi connectivity index (χ2v) is 6.26. The molecule has 0 fully saturated rings. The van der Waals surface area contributed by atoms with Gasteiger partial charge in [0.15, 0.2) is 5.96 Å². The molecule has 0 spiro atoms. The predicted octanol–water partition coefficient (Wildman–Crippen LogP) is 1.45. The molecule has 0 aliphatic rings. The minimum absolute atomic E-state index is 0.0726. The van der Waals surface area contributed by atoms with Gasteiger partial charge in [-0.2, -0.15) is 0 Å². The first kappa shape index (κ1) is 18.8. The van der Waals surface area contributed by atoms with Crippen LogP contribution in [0, 0.1) is 6.92 Å². The lowest BCUT2D eigenvalue weighted by molar-refractivity contribution is -0.121. The third kappa shape index (κ3) is 8.09. The number of carbonyl (C=O) groups is 1. The molecule has 1 amide bonds. The van der Waals surface area contributed by atoms with Crippen molar-refractivity contribution in [3.63, 3.8) is 0 Å². The van der Waals surface area contributed by atoms with Crippen molar-refractivity contribution >= 4 is 11.9 Å². The van der Waals surface area contributed by atoms with Crippen molar-refractivity contribution in [2.24, 2.45) is 4.99 Å². The van der Waals surface area contributed by atoms with Crippen LogP contribution in [0.1, 0.15) is 26.3 Å². The Morgan fingerprint density at radius 2 is 1.91 bits per heavy atom. The van der Waals surface area contributed by atoms with Crippen molar-refractivity contribution < 1.29 is 9.53 Å². The molecule has 0 atom stereocenters. The number of benzene rings is 1. The molecule has 6 heteroatoms. The summed E-state index contributed by atoms with van der Waals surface area (Å²) >= 11 is 0. The number of carbonyl (C=O) groups excluding carboxylic acids is 1. The summed E-state index contributed by atoms with van der Waals surface area (Å²) in [4.78, 5) is 15.8. The summed E-state index contributed by atoms with van der Waals surface area (Å²) in [5.74, 6) is 1.38. The van der Waals surface area contributed by atoms with Gasteiger partial charge in [-0.3, -0.25) is 9.79 Å². The summed E-state index contributed by atoms with van der Waals surface area (Å²) in [6, 6.07) is 7.88. The van der Waals surface area contributed by atoms with Gasteiger partial charge in [-0.25, -0.2) is 0 Å². The van der Waals surface area contributed by atoms with Gasteiger partial charge >= 0.3 is 0 Å². The molecule has 23 heavy (non-hydrogen) atoms. The highest BCUT2D eigenvalue weighted by Crippen LogP contribution is 2.15. The molecule has 0 saturated carbocycles. The predicted molar refractivity (Wildman–Crippen MR) is 93.9 cm³/mol. The number of aliphatic imine (C=N–C) groups is 1. The largest absolute Gasteiger partial charge is 0.491 e. The van der Waals surface area contributed by atoms with E-state index in [1.54, 1.807) is 7.05 Å². The summed E-state index contributed by atoms with van der Waals surface area (Å²) in [6.07, 6.45) is 0. The monoisotopic (exact) mass is 320 g/mol. The lowest BCUT2D eigenvalue weighted by atomic mass is 10.1. The molecule has 0 heterocycles. The maximum atomic E-state index is 11.8. The zero-order valence-electron chi connectivity index (χ0n) is 14.7. The zero-order valence-corrected chi connectivity index (χ0v) is 14.7.